The largest absolute Gasteiger partial charge is 0.291 e. The Morgan fingerprint density at radius 3 is 2.31 bits per heavy atom. The molecule has 13 heavy (non-hydrogen) atoms. The number of carbonyl (C=O) groups excluding carboxylic acids is 1. The molecule has 1 aromatic rings. The zero-order valence-electron chi connectivity index (χ0n) is 6.29. The van der Waals surface area contributed by atoms with Crippen molar-refractivity contribution in [2.75, 3.05) is 5.32 Å². The van der Waals surface area contributed by atoms with Gasteiger partial charge in [0.2, 0.25) is 22.4 Å². The summed E-state index contributed by atoms with van der Waals surface area (Å²) in [4.78, 5) is 21.5. The van der Waals surface area contributed by atoms with Crippen LogP contribution >= 0.6 is 23.2 Å². The second kappa shape index (κ2) is 4.15. The maximum absolute atomic E-state index is 10.8. The van der Waals surface area contributed by atoms with Crippen molar-refractivity contribution in [2.24, 2.45) is 0 Å². The molecule has 0 aliphatic carbocycles. The third-order valence-corrected chi connectivity index (χ3v) is 1.34. The molecule has 1 rings (SSSR count). The highest BCUT2D eigenvalue weighted by atomic mass is 35.5. The van der Waals surface area contributed by atoms with Crippen molar-refractivity contribution in [3.8, 4) is 0 Å². The minimum atomic E-state index is -0.446. The predicted molar refractivity (Wildman–Crippen MR) is 48.7 cm³/mol. The van der Waals surface area contributed by atoms with Gasteiger partial charge >= 0.3 is 0 Å². The van der Waals surface area contributed by atoms with Crippen molar-refractivity contribution in [2.45, 2.75) is 0 Å². The Bertz CT molecular complexity index is 334. The van der Waals surface area contributed by atoms with Crippen molar-refractivity contribution < 1.29 is 4.79 Å². The van der Waals surface area contributed by atoms with Gasteiger partial charge < -0.3 is 0 Å². The number of hydrogen-bond acceptors (Lipinski definition) is 4. The van der Waals surface area contributed by atoms with Gasteiger partial charge in [0.1, 0.15) is 0 Å². The van der Waals surface area contributed by atoms with Crippen LogP contribution in [0.4, 0.5) is 5.95 Å². The molecule has 1 amide bonds. The molecule has 0 aliphatic rings. The van der Waals surface area contributed by atoms with Gasteiger partial charge in [0.15, 0.2) is 0 Å². The average molecular weight is 219 g/mol. The molecule has 0 aromatic carbocycles. The molecule has 0 atom stereocenters. The zero-order chi connectivity index (χ0) is 9.84. The maximum atomic E-state index is 10.8. The number of nitrogens with zero attached hydrogens (tertiary/aromatic N) is 3. The van der Waals surface area contributed by atoms with E-state index < -0.39 is 5.91 Å². The molecule has 7 heteroatoms. The highest BCUT2D eigenvalue weighted by Gasteiger charge is 2.04. The highest BCUT2D eigenvalue weighted by Crippen LogP contribution is 2.09. The summed E-state index contributed by atoms with van der Waals surface area (Å²) in [6, 6.07) is 0. The molecule has 0 radical (unpaired) electrons. The van der Waals surface area contributed by atoms with Crippen molar-refractivity contribution >= 4 is 35.1 Å². The highest BCUT2D eigenvalue weighted by molar-refractivity contribution is 6.31. The van der Waals surface area contributed by atoms with E-state index in [2.05, 4.69) is 26.8 Å². The van der Waals surface area contributed by atoms with Crippen molar-refractivity contribution in [1.82, 2.24) is 15.0 Å². The molecule has 0 spiro atoms. The zero-order valence-corrected chi connectivity index (χ0v) is 7.80. The van der Waals surface area contributed by atoms with E-state index in [0.717, 1.165) is 6.08 Å². The molecule has 5 nitrogen and oxygen atoms in total. The minimum absolute atomic E-state index is 0.00472. The summed E-state index contributed by atoms with van der Waals surface area (Å²) in [5.74, 6) is -0.451. The lowest BCUT2D eigenvalue weighted by atomic mass is 10.6. The van der Waals surface area contributed by atoms with Crippen molar-refractivity contribution in [3.63, 3.8) is 0 Å². The first-order valence-corrected chi connectivity index (χ1v) is 3.88. The fraction of sp³-hybridized carbons (Fsp3) is 0. The van der Waals surface area contributed by atoms with Crippen LogP contribution in [0.25, 0.3) is 0 Å². The van der Waals surface area contributed by atoms with Crippen LogP contribution in [0.3, 0.4) is 0 Å². The minimum Gasteiger partial charge on any atom is -0.291 e. The Kier molecular flexibility index (Phi) is 3.16. The molecule has 0 saturated heterocycles. The van der Waals surface area contributed by atoms with E-state index in [1.165, 1.54) is 0 Å². The molecule has 68 valence electrons. The van der Waals surface area contributed by atoms with Gasteiger partial charge in [-0.15, -0.1) is 0 Å². The summed E-state index contributed by atoms with van der Waals surface area (Å²) >= 11 is 10.9. The molecular formula is C6H4Cl2N4O. The molecular weight excluding hydrogens is 215 g/mol. The molecule has 0 aliphatic heterocycles. The van der Waals surface area contributed by atoms with Gasteiger partial charge in [-0.05, 0) is 29.3 Å². The Balaban J connectivity index is 2.89. The first-order chi connectivity index (χ1) is 6.11. The molecule has 0 saturated carbocycles. The predicted octanol–water partition coefficient (Wildman–Crippen LogP) is 1.30. The summed E-state index contributed by atoms with van der Waals surface area (Å²) in [5.41, 5.74) is 0. The van der Waals surface area contributed by atoms with E-state index in [0.29, 0.717) is 0 Å². The Labute approximate surface area is 83.8 Å². The van der Waals surface area contributed by atoms with Crippen LogP contribution in [0.15, 0.2) is 12.7 Å². The number of hydrogen-bond donors (Lipinski definition) is 1. The second-order valence-corrected chi connectivity index (χ2v) is 2.57. The Hall–Kier alpha value is -1.20. The number of halogens is 2. The van der Waals surface area contributed by atoms with Crippen LogP contribution in [0, 0.1) is 0 Å². The van der Waals surface area contributed by atoms with E-state index in [1.807, 2.05) is 0 Å². The fourth-order valence-corrected chi connectivity index (χ4v) is 0.907. The molecule has 1 aromatic heterocycles. The Morgan fingerprint density at radius 1 is 1.31 bits per heavy atom. The van der Waals surface area contributed by atoms with Gasteiger partial charge in [-0.1, -0.05) is 6.58 Å². The normalized spacial score (nSPS) is 9.38. The molecule has 0 bridgehead atoms. The SMILES string of the molecule is C=CC(=O)Nc1nc(Cl)nc(Cl)n1. The van der Waals surface area contributed by atoms with Crippen LogP contribution in [-0.4, -0.2) is 20.9 Å². The number of amides is 1. The van der Waals surface area contributed by atoms with E-state index in [1.54, 1.807) is 0 Å². The van der Waals surface area contributed by atoms with Crippen LogP contribution in [0.5, 0.6) is 0 Å². The quantitative estimate of drug-likeness (QED) is 0.761. The van der Waals surface area contributed by atoms with Gasteiger partial charge in [-0.2, -0.15) is 15.0 Å². The van der Waals surface area contributed by atoms with Crippen LogP contribution in [-0.2, 0) is 4.79 Å². The maximum Gasteiger partial charge on any atom is 0.250 e. The van der Waals surface area contributed by atoms with E-state index in [-0.39, 0.29) is 16.5 Å². The van der Waals surface area contributed by atoms with Gasteiger partial charge in [-0.25, -0.2) is 0 Å². The number of anilines is 1. The molecule has 0 fully saturated rings. The van der Waals surface area contributed by atoms with Crippen molar-refractivity contribution in [1.29, 1.82) is 0 Å². The van der Waals surface area contributed by atoms with Gasteiger partial charge in [-0.3, -0.25) is 10.1 Å². The first kappa shape index (κ1) is 9.88. The number of rotatable bonds is 2. The van der Waals surface area contributed by atoms with Gasteiger partial charge in [0, 0.05) is 0 Å². The van der Waals surface area contributed by atoms with Crippen LogP contribution in [0.1, 0.15) is 0 Å². The van der Waals surface area contributed by atoms with Crippen LogP contribution < -0.4 is 5.32 Å². The summed E-state index contributed by atoms with van der Waals surface area (Å²) in [6.45, 7) is 3.25. The lowest BCUT2D eigenvalue weighted by Gasteiger charge is -1.99. The number of nitrogens with one attached hydrogen (secondary N) is 1. The average Bonchev–Trinajstić information content (AvgIpc) is 2.02. The third kappa shape index (κ3) is 2.96. The molecule has 0 unspecified atom stereocenters. The fourth-order valence-electron chi connectivity index (χ4n) is 0.543. The first-order valence-electron chi connectivity index (χ1n) is 3.12. The topological polar surface area (TPSA) is 67.8 Å². The molecule has 1 N–H and O–H groups in total. The standard InChI is InChI=1S/C6H4Cl2N4O/c1-2-3(13)9-6-11-4(7)10-5(8)12-6/h2H,1H2,(H,9,10,11,12,13). The second-order valence-electron chi connectivity index (χ2n) is 1.89. The molecule has 1 heterocycles. The summed E-state index contributed by atoms with van der Waals surface area (Å²) < 4.78 is 0. The Morgan fingerprint density at radius 2 is 1.85 bits per heavy atom. The van der Waals surface area contributed by atoms with Crippen molar-refractivity contribution in [3.05, 3.63) is 23.2 Å². The van der Waals surface area contributed by atoms with Crippen LogP contribution in [0.2, 0.25) is 10.6 Å². The van der Waals surface area contributed by atoms with Gasteiger partial charge in [0.05, 0.1) is 0 Å². The third-order valence-electron chi connectivity index (χ3n) is 1.00. The van der Waals surface area contributed by atoms with E-state index >= 15 is 0 Å². The monoisotopic (exact) mass is 218 g/mol. The van der Waals surface area contributed by atoms with E-state index in [4.69, 9.17) is 23.2 Å². The summed E-state index contributed by atoms with van der Waals surface area (Å²) in [7, 11) is 0. The summed E-state index contributed by atoms with van der Waals surface area (Å²) in [6.07, 6.45) is 1.07. The van der Waals surface area contributed by atoms with E-state index in [9.17, 15) is 4.79 Å². The lowest BCUT2D eigenvalue weighted by Crippen LogP contribution is -2.11. The summed E-state index contributed by atoms with van der Waals surface area (Å²) in [5, 5.41) is 2.12. The lowest BCUT2D eigenvalue weighted by molar-refractivity contribution is -0.111. The smallest absolute Gasteiger partial charge is 0.250 e. The number of aromatic nitrogens is 3. The van der Waals surface area contributed by atoms with Gasteiger partial charge in [0.25, 0.3) is 0 Å². The number of carbonyl (C=O) groups is 1.